The molecule has 9 heteroatoms. The number of rotatable bonds is 5. The van der Waals surface area contributed by atoms with Crippen LogP contribution in [0.15, 0.2) is 61.3 Å². The van der Waals surface area contributed by atoms with Crippen molar-refractivity contribution in [2.75, 3.05) is 11.9 Å². The lowest BCUT2D eigenvalue weighted by molar-refractivity contribution is -0.154. The number of pyridine rings is 1. The molecule has 0 atom stereocenters. The first-order valence-electron chi connectivity index (χ1n) is 7.46. The fraction of sp³-hybridized carbons (Fsp3) is 0.118. The van der Waals surface area contributed by atoms with Crippen molar-refractivity contribution in [1.82, 2.24) is 14.5 Å². The number of nitrogens with zero attached hydrogens (tertiary/aromatic N) is 3. The van der Waals surface area contributed by atoms with Crippen molar-refractivity contribution in [3.63, 3.8) is 0 Å². The van der Waals surface area contributed by atoms with Crippen molar-refractivity contribution in [3.05, 3.63) is 66.9 Å². The smallest absolute Gasteiger partial charge is 0.422 e. The summed E-state index contributed by atoms with van der Waals surface area (Å²) in [5, 5.41) is 2.68. The molecule has 134 valence electrons. The number of aromatic nitrogens is 3. The third-order valence-corrected chi connectivity index (χ3v) is 3.31. The van der Waals surface area contributed by atoms with Crippen molar-refractivity contribution < 1.29 is 22.7 Å². The quantitative estimate of drug-likeness (QED) is 0.755. The van der Waals surface area contributed by atoms with Crippen molar-refractivity contribution >= 4 is 11.6 Å². The maximum Gasteiger partial charge on any atom is 0.422 e. The number of anilines is 1. The Morgan fingerprint density at radius 2 is 1.92 bits per heavy atom. The third kappa shape index (κ3) is 4.59. The van der Waals surface area contributed by atoms with E-state index in [1.54, 1.807) is 30.9 Å². The van der Waals surface area contributed by atoms with E-state index in [2.05, 4.69) is 20.0 Å². The van der Waals surface area contributed by atoms with Gasteiger partial charge in [0, 0.05) is 36.0 Å². The monoisotopic (exact) mass is 362 g/mol. The molecule has 6 nitrogen and oxygen atoms in total. The van der Waals surface area contributed by atoms with Gasteiger partial charge in [-0.2, -0.15) is 13.2 Å². The lowest BCUT2D eigenvalue weighted by Crippen LogP contribution is -2.19. The molecule has 0 spiro atoms. The summed E-state index contributed by atoms with van der Waals surface area (Å²) >= 11 is 0. The Balaban J connectivity index is 1.61. The number of imidazole rings is 1. The second-order valence-corrected chi connectivity index (χ2v) is 5.26. The van der Waals surface area contributed by atoms with Gasteiger partial charge in [-0.1, -0.05) is 0 Å². The van der Waals surface area contributed by atoms with E-state index in [1.165, 1.54) is 12.1 Å². The van der Waals surface area contributed by atoms with Crippen molar-refractivity contribution in [2.24, 2.45) is 0 Å². The van der Waals surface area contributed by atoms with Crippen LogP contribution in [0.3, 0.4) is 0 Å². The molecule has 0 bridgehead atoms. The topological polar surface area (TPSA) is 69.0 Å². The van der Waals surface area contributed by atoms with E-state index in [9.17, 15) is 18.0 Å². The van der Waals surface area contributed by atoms with Gasteiger partial charge in [-0.05, 0) is 30.3 Å². The molecule has 1 aromatic carbocycles. The normalized spacial score (nSPS) is 11.2. The van der Waals surface area contributed by atoms with Crippen LogP contribution in [-0.4, -0.2) is 33.2 Å². The van der Waals surface area contributed by atoms with Crippen LogP contribution >= 0.6 is 0 Å². The average molecular weight is 362 g/mol. The number of carbonyl (C=O) groups is 1. The maximum absolute atomic E-state index is 12.2. The summed E-state index contributed by atoms with van der Waals surface area (Å²) in [5.41, 5.74) is 1.65. The number of ether oxygens (including phenoxy) is 1. The lowest BCUT2D eigenvalue weighted by atomic mass is 10.2. The van der Waals surface area contributed by atoms with Crippen LogP contribution in [0.2, 0.25) is 0 Å². The van der Waals surface area contributed by atoms with Crippen molar-refractivity contribution in [3.8, 4) is 11.6 Å². The molecule has 1 N–H and O–H groups in total. The van der Waals surface area contributed by atoms with E-state index in [0.29, 0.717) is 5.69 Å². The summed E-state index contributed by atoms with van der Waals surface area (Å²) in [5.74, 6) is -0.640. The first-order chi connectivity index (χ1) is 12.4. The molecule has 0 unspecified atom stereocenters. The van der Waals surface area contributed by atoms with E-state index in [-0.39, 0.29) is 11.4 Å². The summed E-state index contributed by atoms with van der Waals surface area (Å²) in [6.07, 6.45) is 1.82. The molecule has 0 saturated carbocycles. The second-order valence-electron chi connectivity index (χ2n) is 5.26. The van der Waals surface area contributed by atoms with E-state index < -0.39 is 18.7 Å². The molecule has 0 saturated heterocycles. The van der Waals surface area contributed by atoms with Crippen molar-refractivity contribution in [2.45, 2.75) is 6.18 Å². The predicted molar refractivity (Wildman–Crippen MR) is 87.3 cm³/mol. The maximum atomic E-state index is 12.2. The van der Waals surface area contributed by atoms with Crippen LogP contribution in [0, 0.1) is 0 Å². The molecular formula is C17H13F3N4O2. The van der Waals surface area contributed by atoms with Gasteiger partial charge in [0.25, 0.3) is 5.91 Å². The van der Waals surface area contributed by atoms with Crippen LogP contribution in [0.4, 0.5) is 18.9 Å². The van der Waals surface area contributed by atoms with E-state index in [1.807, 2.05) is 16.7 Å². The zero-order valence-corrected chi connectivity index (χ0v) is 13.3. The molecule has 2 aromatic heterocycles. The summed E-state index contributed by atoms with van der Waals surface area (Å²) in [4.78, 5) is 19.8. The lowest BCUT2D eigenvalue weighted by Gasteiger charge is -2.09. The van der Waals surface area contributed by atoms with E-state index in [4.69, 9.17) is 0 Å². The summed E-state index contributed by atoms with van der Waals surface area (Å²) in [7, 11) is 0. The molecule has 0 fully saturated rings. The molecule has 0 aliphatic heterocycles. The Hall–Kier alpha value is -3.36. The molecular weight excluding hydrogens is 349 g/mol. The Labute approximate surface area is 146 Å². The van der Waals surface area contributed by atoms with Gasteiger partial charge >= 0.3 is 6.18 Å². The summed E-state index contributed by atoms with van der Waals surface area (Å²) in [6.45, 7) is -1.44. The molecule has 3 rings (SSSR count). The average Bonchev–Trinajstić information content (AvgIpc) is 3.15. The number of alkyl halides is 3. The fourth-order valence-electron chi connectivity index (χ4n) is 2.09. The number of hydrogen-bond acceptors (Lipinski definition) is 4. The van der Waals surface area contributed by atoms with Crippen LogP contribution < -0.4 is 10.1 Å². The minimum absolute atomic E-state index is 0.197. The predicted octanol–water partition coefficient (Wildman–Crippen LogP) is 3.46. The van der Waals surface area contributed by atoms with Gasteiger partial charge in [0.05, 0.1) is 11.9 Å². The van der Waals surface area contributed by atoms with Crippen molar-refractivity contribution in [1.29, 1.82) is 0 Å². The van der Waals surface area contributed by atoms with Gasteiger partial charge < -0.3 is 14.6 Å². The van der Waals surface area contributed by atoms with Gasteiger partial charge in [0.15, 0.2) is 6.61 Å². The Bertz CT molecular complexity index is 861. The molecule has 2 heterocycles. The SMILES string of the molecule is O=C(Nc1ccc(-n2ccnc2)cc1)c1ccc(OCC(F)(F)F)nc1. The van der Waals surface area contributed by atoms with Gasteiger partial charge in [-0.25, -0.2) is 9.97 Å². The number of benzene rings is 1. The number of hydrogen-bond donors (Lipinski definition) is 1. The van der Waals surface area contributed by atoms with E-state index >= 15 is 0 Å². The molecule has 26 heavy (non-hydrogen) atoms. The number of carbonyl (C=O) groups excluding carboxylic acids is 1. The first-order valence-corrected chi connectivity index (χ1v) is 7.46. The minimum Gasteiger partial charge on any atom is -0.468 e. The molecule has 0 aliphatic carbocycles. The number of nitrogens with one attached hydrogen (secondary N) is 1. The van der Waals surface area contributed by atoms with Crippen LogP contribution in [-0.2, 0) is 0 Å². The molecule has 1 amide bonds. The molecule has 3 aromatic rings. The molecule has 0 radical (unpaired) electrons. The van der Waals surface area contributed by atoms with E-state index in [0.717, 1.165) is 11.9 Å². The van der Waals surface area contributed by atoms with Crippen LogP contribution in [0.1, 0.15) is 10.4 Å². The number of amides is 1. The zero-order valence-electron chi connectivity index (χ0n) is 13.3. The highest BCUT2D eigenvalue weighted by Crippen LogP contribution is 2.18. The second kappa shape index (κ2) is 7.26. The fourth-order valence-corrected chi connectivity index (χ4v) is 2.09. The third-order valence-electron chi connectivity index (χ3n) is 3.31. The van der Waals surface area contributed by atoms with Gasteiger partial charge in [0.2, 0.25) is 5.88 Å². The highest BCUT2D eigenvalue weighted by molar-refractivity contribution is 6.04. The first kappa shape index (κ1) is 17.5. The highest BCUT2D eigenvalue weighted by Gasteiger charge is 2.28. The standard InChI is InChI=1S/C17H13F3N4O2/c18-17(19,20)10-26-15-6-1-12(9-22-15)16(25)23-13-2-4-14(5-3-13)24-8-7-21-11-24/h1-9,11H,10H2,(H,23,25). The number of halogens is 3. The Morgan fingerprint density at radius 3 is 2.50 bits per heavy atom. The zero-order chi connectivity index (χ0) is 18.6. The van der Waals surface area contributed by atoms with Gasteiger partial charge in [-0.15, -0.1) is 0 Å². The van der Waals surface area contributed by atoms with Gasteiger partial charge in [-0.3, -0.25) is 4.79 Å². The minimum atomic E-state index is -4.44. The highest BCUT2D eigenvalue weighted by atomic mass is 19.4. The Kier molecular flexibility index (Phi) is 4.87. The summed E-state index contributed by atoms with van der Waals surface area (Å²) < 4.78 is 42.6. The van der Waals surface area contributed by atoms with Crippen LogP contribution in [0.5, 0.6) is 5.88 Å². The molecule has 0 aliphatic rings. The van der Waals surface area contributed by atoms with Crippen LogP contribution in [0.25, 0.3) is 5.69 Å². The Morgan fingerprint density at radius 1 is 1.15 bits per heavy atom. The summed E-state index contributed by atoms with van der Waals surface area (Å²) in [6, 6.07) is 9.62. The van der Waals surface area contributed by atoms with Gasteiger partial charge in [0.1, 0.15) is 0 Å². The largest absolute Gasteiger partial charge is 0.468 e.